The van der Waals surface area contributed by atoms with Gasteiger partial charge < -0.3 is 14.9 Å². The molecule has 2 fully saturated rings. The number of nitrogens with one attached hydrogen (secondary N) is 1. The number of benzene rings is 1. The molecule has 2 saturated heterocycles. The quantitative estimate of drug-likeness (QED) is 0.763. The molecular formula is C19H23N3O4. The van der Waals surface area contributed by atoms with E-state index in [1.165, 1.54) is 4.90 Å². The van der Waals surface area contributed by atoms with E-state index in [4.69, 9.17) is 0 Å². The molecule has 26 heavy (non-hydrogen) atoms. The zero-order valence-electron chi connectivity index (χ0n) is 14.8. The summed E-state index contributed by atoms with van der Waals surface area (Å²) in [6.07, 6.45) is 1.27. The number of carbonyl (C=O) groups excluding carboxylic acids is 3. The Balaban J connectivity index is 1.57. The first-order valence-corrected chi connectivity index (χ1v) is 9.14. The number of imide groups is 1. The summed E-state index contributed by atoms with van der Waals surface area (Å²) in [7, 11) is 0. The van der Waals surface area contributed by atoms with Gasteiger partial charge in [0.1, 0.15) is 11.6 Å². The Morgan fingerprint density at radius 2 is 2.12 bits per heavy atom. The molecule has 0 radical (unpaired) electrons. The van der Waals surface area contributed by atoms with Gasteiger partial charge in [-0.3, -0.25) is 19.7 Å². The first-order valence-electron chi connectivity index (χ1n) is 9.14. The van der Waals surface area contributed by atoms with Crippen molar-refractivity contribution in [2.45, 2.75) is 44.4 Å². The van der Waals surface area contributed by atoms with Crippen LogP contribution in [0, 0.1) is 0 Å². The molecule has 138 valence electrons. The van der Waals surface area contributed by atoms with E-state index in [9.17, 15) is 19.5 Å². The number of amides is 3. The monoisotopic (exact) mass is 357 g/mol. The Bertz CT molecular complexity index is 793. The smallest absolute Gasteiger partial charge is 0.255 e. The van der Waals surface area contributed by atoms with Gasteiger partial charge >= 0.3 is 0 Å². The van der Waals surface area contributed by atoms with Crippen molar-refractivity contribution in [3.8, 4) is 0 Å². The van der Waals surface area contributed by atoms with Gasteiger partial charge in [-0.25, -0.2) is 0 Å². The normalized spacial score (nSPS) is 29.2. The third-order valence-electron chi connectivity index (χ3n) is 5.83. The number of likely N-dealkylation sites (N-methyl/N-ethyl adjacent to an activating group) is 1. The van der Waals surface area contributed by atoms with Crippen molar-refractivity contribution in [3.63, 3.8) is 0 Å². The molecule has 3 heterocycles. The van der Waals surface area contributed by atoms with Crippen LogP contribution in [0.3, 0.4) is 0 Å². The van der Waals surface area contributed by atoms with E-state index in [0.29, 0.717) is 31.5 Å². The van der Waals surface area contributed by atoms with E-state index in [1.807, 2.05) is 12.1 Å². The second-order valence-electron chi connectivity index (χ2n) is 7.42. The summed E-state index contributed by atoms with van der Waals surface area (Å²) in [6, 6.07) is 4.87. The highest BCUT2D eigenvalue weighted by Gasteiger charge is 2.41. The number of carbonyl (C=O) groups is 3. The van der Waals surface area contributed by atoms with Crippen molar-refractivity contribution in [3.05, 3.63) is 34.9 Å². The number of hydrogen-bond donors (Lipinski definition) is 2. The molecule has 1 aromatic rings. The third-order valence-corrected chi connectivity index (χ3v) is 5.83. The van der Waals surface area contributed by atoms with E-state index >= 15 is 0 Å². The summed E-state index contributed by atoms with van der Waals surface area (Å²) in [5.41, 5.74) is 1.34. The predicted octanol–water partition coefficient (Wildman–Crippen LogP) is 0.361. The number of β-amino-alcohol motifs (C(OH)–C–C–N with tert-alkyl or cyclic N) is 1. The van der Waals surface area contributed by atoms with E-state index in [0.717, 1.165) is 24.2 Å². The van der Waals surface area contributed by atoms with E-state index in [2.05, 4.69) is 17.1 Å². The molecule has 3 aliphatic heterocycles. The zero-order valence-corrected chi connectivity index (χ0v) is 14.8. The number of nitrogens with zero attached hydrogens (tertiary/aromatic N) is 2. The van der Waals surface area contributed by atoms with Crippen LogP contribution in [0.15, 0.2) is 18.2 Å². The molecule has 0 aliphatic carbocycles. The standard InChI is InChI=1S/C19H23N3O4/c1-2-21-8-7-19(26,11-21)13-3-4-14-12(9-13)10-22(18(14)25)15-5-6-16(23)20-17(15)24/h3-4,9,15,26H,2,5-8,10-11H2,1H3,(H,20,23,24). The first kappa shape index (κ1) is 17.2. The Hall–Kier alpha value is -2.25. The van der Waals surface area contributed by atoms with Crippen molar-refractivity contribution in [1.82, 2.24) is 15.1 Å². The van der Waals surface area contributed by atoms with Gasteiger partial charge in [0.05, 0.1) is 0 Å². The molecule has 0 spiro atoms. The first-order chi connectivity index (χ1) is 12.4. The summed E-state index contributed by atoms with van der Waals surface area (Å²) in [4.78, 5) is 39.9. The maximum Gasteiger partial charge on any atom is 0.255 e. The Morgan fingerprint density at radius 3 is 2.81 bits per heavy atom. The molecule has 3 amide bonds. The molecule has 7 nitrogen and oxygen atoms in total. The molecule has 4 rings (SSSR count). The van der Waals surface area contributed by atoms with Crippen molar-refractivity contribution in [1.29, 1.82) is 0 Å². The van der Waals surface area contributed by atoms with Gasteiger partial charge in [-0.1, -0.05) is 19.1 Å². The third kappa shape index (κ3) is 2.71. The highest BCUT2D eigenvalue weighted by Crippen LogP contribution is 2.35. The van der Waals surface area contributed by atoms with Crippen molar-refractivity contribution in [2.24, 2.45) is 0 Å². The molecule has 2 unspecified atom stereocenters. The molecule has 0 aromatic heterocycles. The largest absolute Gasteiger partial charge is 0.384 e. The van der Waals surface area contributed by atoms with Gasteiger partial charge in [-0.2, -0.15) is 0 Å². The molecule has 0 saturated carbocycles. The van der Waals surface area contributed by atoms with Gasteiger partial charge in [0.25, 0.3) is 5.91 Å². The number of fused-ring (bicyclic) bond motifs is 1. The van der Waals surface area contributed by atoms with Gasteiger partial charge in [-0.05, 0) is 36.6 Å². The topological polar surface area (TPSA) is 89.9 Å². The number of likely N-dealkylation sites (tertiary alicyclic amines) is 1. The fourth-order valence-corrected chi connectivity index (χ4v) is 4.24. The second-order valence-corrected chi connectivity index (χ2v) is 7.42. The fraction of sp³-hybridized carbons (Fsp3) is 0.526. The molecule has 1 aromatic carbocycles. The average molecular weight is 357 g/mol. The predicted molar refractivity (Wildman–Crippen MR) is 93.1 cm³/mol. The van der Waals surface area contributed by atoms with Crippen molar-refractivity contribution in [2.75, 3.05) is 19.6 Å². The summed E-state index contributed by atoms with van der Waals surface area (Å²) < 4.78 is 0. The highest BCUT2D eigenvalue weighted by molar-refractivity contribution is 6.05. The van der Waals surface area contributed by atoms with Crippen LogP contribution in [-0.2, 0) is 21.7 Å². The van der Waals surface area contributed by atoms with Gasteiger partial charge in [0.15, 0.2) is 0 Å². The summed E-state index contributed by atoms with van der Waals surface area (Å²) in [5, 5.41) is 13.3. The lowest BCUT2D eigenvalue weighted by atomic mass is 9.90. The summed E-state index contributed by atoms with van der Waals surface area (Å²) in [5.74, 6) is -0.882. The Morgan fingerprint density at radius 1 is 1.31 bits per heavy atom. The lowest BCUT2D eigenvalue weighted by Gasteiger charge is -2.29. The molecule has 2 atom stereocenters. The van der Waals surface area contributed by atoms with E-state index in [1.54, 1.807) is 6.07 Å². The number of piperidine rings is 1. The Kier molecular flexibility index (Phi) is 4.08. The lowest BCUT2D eigenvalue weighted by molar-refractivity contribution is -0.136. The van der Waals surface area contributed by atoms with Crippen LogP contribution in [0.5, 0.6) is 0 Å². The van der Waals surface area contributed by atoms with Crippen LogP contribution in [0.4, 0.5) is 0 Å². The minimum absolute atomic E-state index is 0.186. The molecule has 0 bridgehead atoms. The van der Waals surface area contributed by atoms with Crippen LogP contribution < -0.4 is 5.32 Å². The lowest BCUT2D eigenvalue weighted by Crippen LogP contribution is -2.52. The number of hydrogen-bond acceptors (Lipinski definition) is 5. The molecule has 2 N–H and O–H groups in total. The van der Waals surface area contributed by atoms with E-state index < -0.39 is 17.6 Å². The fourth-order valence-electron chi connectivity index (χ4n) is 4.24. The molecule has 7 heteroatoms. The van der Waals surface area contributed by atoms with Gasteiger partial charge in [0, 0.05) is 31.6 Å². The average Bonchev–Trinajstić information content (AvgIpc) is 3.16. The van der Waals surface area contributed by atoms with Crippen molar-refractivity contribution >= 4 is 17.7 Å². The molecule has 3 aliphatic rings. The van der Waals surface area contributed by atoms with Gasteiger partial charge in [-0.15, -0.1) is 0 Å². The minimum Gasteiger partial charge on any atom is -0.384 e. The van der Waals surface area contributed by atoms with Gasteiger partial charge in [0.2, 0.25) is 11.8 Å². The molecular weight excluding hydrogens is 334 g/mol. The Labute approximate surface area is 152 Å². The highest BCUT2D eigenvalue weighted by atomic mass is 16.3. The SMILES string of the molecule is CCN1CCC(O)(c2ccc3c(c2)CN(C2CCC(=O)NC2=O)C3=O)C1. The van der Waals surface area contributed by atoms with Crippen LogP contribution >= 0.6 is 0 Å². The minimum atomic E-state index is -0.893. The van der Waals surface area contributed by atoms with Crippen molar-refractivity contribution < 1.29 is 19.5 Å². The second kappa shape index (κ2) is 6.17. The summed E-state index contributed by atoms with van der Waals surface area (Å²) >= 11 is 0. The zero-order chi connectivity index (χ0) is 18.5. The summed E-state index contributed by atoms with van der Waals surface area (Å²) in [6.45, 7) is 4.75. The number of rotatable bonds is 3. The van der Waals surface area contributed by atoms with Crippen LogP contribution in [0.2, 0.25) is 0 Å². The van der Waals surface area contributed by atoms with Crippen LogP contribution in [-0.4, -0.2) is 58.3 Å². The van der Waals surface area contributed by atoms with E-state index in [-0.39, 0.29) is 18.2 Å². The maximum atomic E-state index is 12.7. The van der Waals surface area contributed by atoms with Crippen LogP contribution in [0.1, 0.15) is 47.7 Å². The number of aliphatic hydroxyl groups is 1. The van der Waals surface area contributed by atoms with Crippen LogP contribution in [0.25, 0.3) is 0 Å². The maximum absolute atomic E-state index is 12.7.